The Balaban J connectivity index is 1.11. The Kier molecular flexibility index (Phi) is 35.7. The van der Waals surface area contributed by atoms with E-state index in [0.29, 0.717) is 62.8 Å². The van der Waals surface area contributed by atoms with Crippen molar-refractivity contribution in [2.75, 3.05) is 70.0 Å². The fraction of sp³-hybridized carbons (Fsp3) is 0.413. The van der Waals surface area contributed by atoms with Crippen molar-refractivity contribution in [3.05, 3.63) is 197 Å². The Morgan fingerprint density at radius 3 is 1.66 bits per heavy atom. The van der Waals surface area contributed by atoms with Crippen molar-refractivity contribution in [3.63, 3.8) is 0 Å². The normalized spacial score (nSPS) is 22.2. The van der Waals surface area contributed by atoms with Crippen LogP contribution < -0.4 is 64.2 Å². The van der Waals surface area contributed by atoms with Crippen LogP contribution in [0.2, 0.25) is 0 Å². The van der Waals surface area contributed by atoms with E-state index in [4.69, 9.17) is 11.5 Å². The van der Waals surface area contributed by atoms with Crippen LogP contribution in [-0.2, 0) is 115 Å². The third-order valence-corrected chi connectivity index (χ3v) is 23.2. The summed E-state index contributed by atoms with van der Waals surface area (Å²) in [7, 11) is 5.21. The number of nitrogens with zero attached hydrogens (tertiary/aromatic N) is 5. The zero-order valence-electron chi connectivity index (χ0n) is 73.1. The minimum atomic E-state index is -1.91. The predicted octanol–water partition coefficient (Wildman–Crippen LogP) is 2.09. The molecule has 0 saturated carbocycles. The van der Waals surface area contributed by atoms with Gasteiger partial charge in [-0.2, -0.15) is 0 Å². The van der Waals surface area contributed by atoms with Gasteiger partial charge in [0.05, 0.1) is 31.8 Å². The quantitative estimate of drug-likeness (QED) is 0.0458. The molecular weight excluding hydrogens is 1660 g/mol. The van der Waals surface area contributed by atoms with Crippen molar-refractivity contribution in [1.29, 1.82) is 0 Å². The number of phenols is 1. The number of rotatable bonds is 21. The first-order chi connectivity index (χ1) is 60.9. The Morgan fingerprint density at radius 1 is 0.523 bits per heavy atom. The molecule has 682 valence electrons. The van der Waals surface area contributed by atoms with Crippen molar-refractivity contribution in [3.8, 4) is 5.75 Å². The Labute approximate surface area is 746 Å². The van der Waals surface area contributed by atoms with Gasteiger partial charge >= 0.3 is 5.97 Å². The maximum atomic E-state index is 15.7. The number of nitrogens with two attached hydrogens (primary N) is 2. The van der Waals surface area contributed by atoms with Crippen LogP contribution in [0.5, 0.6) is 5.75 Å². The summed E-state index contributed by atoms with van der Waals surface area (Å²) < 4.78 is 0. The maximum Gasteiger partial charge on any atom is 0.305 e. The fourth-order valence-electron chi connectivity index (χ4n) is 15.3. The van der Waals surface area contributed by atoms with E-state index >= 15 is 38.4 Å². The molecule has 0 spiro atoms. The molecule has 1 saturated heterocycles. The monoisotopic (exact) mass is 1780 g/mol. The van der Waals surface area contributed by atoms with Crippen LogP contribution in [0.15, 0.2) is 164 Å². The third kappa shape index (κ3) is 27.9. The first-order valence-electron chi connectivity index (χ1n) is 42.4. The number of unbranched alkanes of at least 4 members (excludes halogenated alkanes) is 1. The zero-order valence-corrected chi connectivity index (χ0v) is 73.9. The minimum Gasteiger partial charge on any atom is -0.508 e. The van der Waals surface area contributed by atoms with Gasteiger partial charge in [-0.05, 0) is 101 Å². The van der Waals surface area contributed by atoms with E-state index in [2.05, 4.69) is 52.8 Å². The highest BCUT2D eigenvalue weighted by atomic mass is 32.2. The van der Waals surface area contributed by atoms with Crippen LogP contribution in [0.25, 0.3) is 10.9 Å². The first-order valence-corrected chi connectivity index (χ1v) is 43.6. The van der Waals surface area contributed by atoms with E-state index in [1.54, 1.807) is 167 Å². The van der Waals surface area contributed by atoms with Gasteiger partial charge in [0.15, 0.2) is 0 Å². The molecule has 0 radical (unpaired) electrons. The number of aromatic amines is 1. The summed E-state index contributed by atoms with van der Waals surface area (Å²) in [5, 5.41) is 45.4. The van der Waals surface area contributed by atoms with Gasteiger partial charge in [-0.3, -0.25) is 81.6 Å². The van der Waals surface area contributed by atoms with Gasteiger partial charge in [-0.15, -0.1) is 11.8 Å². The lowest BCUT2D eigenvalue weighted by molar-refractivity contribution is -0.145. The van der Waals surface area contributed by atoms with Crippen LogP contribution in [-0.4, -0.2) is 255 Å². The number of aromatic hydroxyl groups is 1. The van der Waals surface area contributed by atoms with E-state index in [9.17, 15) is 48.6 Å². The number of hydrogen-bond donors (Lipinski definition) is 14. The van der Waals surface area contributed by atoms with Gasteiger partial charge < -0.3 is 94.1 Å². The second kappa shape index (κ2) is 46.5. The van der Waals surface area contributed by atoms with Crippen LogP contribution in [0.1, 0.15) is 100 Å². The number of primary amides is 1. The van der Waals surface area contributed by atoms with Crippen molar-refractivity contribution in [2.45, 2.75) is 172 Å². The molecule has 3 heterocycles. The molecule has 6 aromatic carbocycles. The SMILES string of the molecule is CCCC[C@H]1C(=O)N(C)CC(=O)N[C@@H](CC(=O)O)C(=O)N[C@@H](C(C)C)C(=O)N(C)[C@@H](Cc2ccccc2)C(=O)N[C@@H](Cc2ccc(O)cc2)C(=O)N(C)CC(=O)N[C@@H](Cc2c[nH]c3ccccc23)C(=O)N[C@@H](Cc2ccc(N)cc2)C(=O)N[C@@H](CC(C)C)C(=O)N[C@H](C(=O)NCC(N)=O)CSCC(=O)N[C@@H](Cc2ccccc2)C(=O)N(C)[C@H]2Cc3cccc(c3)N1C2=O. The second-order valence-electron chi connectivity index (χ2n) is 33.1. The number of amides is 15. The van der Waals surface area contributed by atoms with Gasteiger partial charge in [0.2, 0.25) is 82.7 Å². The number of H-pyrrole nitrogens is 1. The van der Waals surface area contributed by atoms with Crippen molar-refractivity contribution < 1.29 is 86.9 Å². The number of nitrogen functional groups attached to an aromatic ring is 1. The molecule has 0 unspecified atom stereocenters. The zero-order chi connectivity index (χ0) is 93.2. The van der Waals surface area contributed by atoms with Gasteiger partial charge in [-0.1, -0.05) is 163 Å². The number of likely N-dealkylation sites (N-methyl/N-ethyl adjacent to an activating group) is 4. The van der Waals surface area contributed by atoms with Gasteiger partial charge in [-0.25, -0.2) is 0 Å². The van der Waals surface area contributed by atoms with Crippen molar-refractivity contribution in [1.82, 2.24) is 72.4 Å². The number of fused-ring (bicyclic) bond motifs is 6. The van der Waals surface area contributed by atoms with Crippen molar-refractivity contribution in [2.24, 2.45) is 17.6 Å². The number of aliphatic carboxylic acids is 1. The molecule has 0 aliphatic carbocycles. The largest absolute Gasteiger partial charge is 0.508 e. The Hall–Kier alpha value is -13.7. The number of aromatic nitrogens is 1. The lowest BCUT2D eigenvalue weighted by atomic mass is 9.98. The highest BCUT2D eigenvalue weighted by Crippen LogP contribution is 2.31. The number of carbonyl (C=O) groups is 16. The first kappa shape index (κ1) is 98.1. The van der Waals surface area contributed by atoms with Gasteiger partial charge in [0, 0.05) is 101 Å². The maximum absolute atomic E-state index is 15.7. The number of anilines is 2. The molecule has 9 rings (SSSR count). The van der Waals surface area contributed by atoms with Crippen LogP contribution in [0, 0.1) is 11.8 Å². The Morgan fingerprint density at radius 2 is 1.05 bits per heavy atom. The summed E-state index contributed by atoms with van der Waals surface area (Å²) in [6, 6.07) is 26.3. The smallest absolute Gasteiger partial charge is 0.305 e. The third-order valence-electron chi connectivity index (χ3n) is 22.2. The standard InChI is InChI=1S/C92H115N17O18S/c1-10-11-29-73-90(125)106(7)50-78(113)98-69(46-80(115)116)86(121)104-81(54(4)5)92(127)107(8)74(43-56-23-16-13-17-24-56)87(122)102-70(42-58-32-36-63(110)37-33-58)88(123)105(6)49-77(112)97-68(45-60-47-95-65-28-19-18-27-64(60)65)85(120)101-67(40-57-30-34-61(93)35-31-57)84(119)100-66(38-53(2)3)83(118)103-72(82(117)96-48-76(94)111)51-128-52-79(114)99-71(41-55-21-14-12-15-22-55)89(124)108(9)75-44-59-25-20-26-62(39-59)109(73)91(75)126/h12-28,30-37,39,47,53-54,66-75,81,95,110H,10-11,29,38,40-46,48-52,93H2,1-9H3,(H2,94,111)(H,96,117)(H,97,112)(H,98,113)(H,99,114)(H,100,119)(H,101,120)(H,102,122)(H,103,118)(H,104,121)(H,115,116)/t66-,67-,68-,69-,70-,71-,72-,73-,74-,75-,81-/m0/s1. The number of para-hydroxylation sites is 1. The number of carbonyl (C=O) groups excluding carboxylic acids is 15. The molecule has 7 aromatic rings. The molecule has 128 heavy (non-hydrogen) atoms. The minimum absolute atomic E-state index is 0.0213. The number of benzene rings is 6. The van der Waals surface area contributed by atoms with Crippen LogP contribution in [0.3, 0.4) is 0 Å². The topological polar surface area (TPSA) is 506 Å². The van der Waals surface area contributed by atoms with E-state index in [1.807, 2.05) is 6.92 Å². The van der Waals surface area contributed by atoms with Crippen LogP contribution in [0.4, 0.5) is 11.4 Å². The molecule has 36 heteroatoms. The predicted molar refractivity (Wildman–Crippen MR) is 480 cm³/mol. The fourth-order valence-corrected chi connectivity index (χ4v) is 16.2. The summed E-state index contributed by atoms with van der Waals surface area (Å²) in [5.74, 6) is -17.0. The molecule has 35 nitrogen and oxygen atoms in total. The number of phenolic OH excluding ortho intramolecular Hbond substituents is 1. The van der Waals surface area contributed by atoms with Gasteiger partial charge in [0.25, 0.3) is 5.91 Å². The molecule has 11 atom stereocenters. The van der Waals surface area contributed by atoms with Crippen LogP contribution >= 0.6 is 11.8 Å². The summed E-state index contributed by atoms with van der Waals surface area (Å²) >= 11 is 0.842. The highest BCUT2D eigenvalue weighted by molar-refractivity contribution is 8.00. The van der Waals surface area contributed by atoms with E-state index in [0.717, 1.165) is 26.5 Å². The van der Waals surface area contributed by atoms with E-state index in [-0.39, 0.29) is 74.5 Å². The number of hydrogen-bond acceptors (Lipinski definition) is 19. The molecule has 4 bridgehead atoms. The number of nitrogens with one attached hydrogen (secondary N) is 10. The number of carboxylic acids is 1. The van der Waals surface area contributed by atoms with Crippen molar-refractivity contribution >= 4 is 129 Å². The van der Waals surface area contributed by atoms with E-state index in [1.165, 1.54) is 62.3 Å². The molecule has 15 amide bonds. The molecular formula is C92H115N17O18S. The van der Waals surface area contributed by atoms with Gasteiger partial charge in [0.1, 0.15) is 72.2 Å². The number of carboxylic acid groups (broad SMARTS) is 1. The molecule has 2 aliphatic rings. The molecule has 1 fully saturated rings. The summed E-state index contributed by atoms with van der Waals surface area (Å²) in [6.45, 7) is 6.24. The summed E-state index contributed by atoms with van der Waals surface area (Å²) in [5.41, 5.74) is 16.0. The lowest BCUT2D eigenvalue weighted by Gasteiger charge is -2.37. The summed E-state index contributed by atoms with van der Waals surface area (Å²) in [6.07, 6.45) is 0.261. The molecule has 2 aliphatic heterocycles. The highest BCUT2D eigenvalue weighted by Gasteiger charge is 2.44. The second-order valence-corrected chi connectivity index (χ2v) is 34.1. The molecule has 16 N–H and O–H groups in total. The Bertz CT molecular complexity index is 5140. The lowest BCUT2D eigenvalue weighted by Crippen LogP contribution is -2.61. The average molecular weight is 1780 g/mol. The number of thioether (sulfide) groups is 1. The summed E-state index contributed by atoms with van der Waals surface area (Å²) in [4.78, 5) is 244. The van der Waals surface area contributed by atoms with E-state index < -0.39 is 199 Å². The molecule has 1 aromatic heterocycles. The average Bonchev–Trinajstić information content (AvgIpc) is 1.67.